The molecule has 0 atom stereocenters. The molecule has 0 aliphatic carbocycles. The molecule has 0 spiro atoms. The molecule has 2 heterocycles. The van der Waals surface area contributed by atoms with Crippen LogP contribution in [0.25, 0.3) is 21.8 Å². The summed E-state index contributed by atoms with van der Waals surface area (Å²) >= 11 is 1.65. The van der Waals surface area contributed by atoms with Crippen molar-refractivity contribution >= 4 is 45.3 Å². The van der Waals surface area contributed by atoms with E-state index >= 15 is 0 Å². The van der Waals surface area contributed by atoms with Crippen LogP contribution in [0.15, 0.2) is 53.8 Å². The average Bonchev–Trinajstić information content (AvgIpc) is 3.23. The highest BCUT2D eigenvalue weighted by atomic mass is 32.2. The molecule has 0 aliphatic heterocycles. The summed E-state index contributed by atoms with van der Waals surface area (Å²) in [6.07, 6.45) is 2.86. The Hall–Kier alpha value is -3.13. The third-order valence-corrected chi connectivity index (χ3v) is 6.29. The van der Waals surface area contributed by atoms with Gasteiger partial charge >= 0.3 is 0 Å². The van der Waals surface area contributed by atoms with Gasteiger partial charge in [0.25, 0.3) is 5.91 Å². The number of amides is 1. The molecule has 0 saturated heterocycles. The second-order valence-corrected chi connectivity index (χ2v) is 9.43. The molecular formula is C25H30N6OS. The zero-order chi connectivity index (χ0) is 23.2. The van der Waals surface area contributed by atoms with Crippen molar-refractivity contribution in [1.82, 2.24) is 25.1 Å². The van der Waals surface area contributed by atoms with Crippen LogP contribution in [0, 0.1) is 5.92 Å². The lowest BCUT2D eigenvalue weighted by Crippen LogP contribution is -2.27. The molecule has 4 rings (SSSR count). The number of hydrogen-bond donors (Lipinski definition) is 2. The summed E-state index contributed by atoms with van der Waals surface area (Å²) in [6, 6.07) is 13.7. The molecule has 2 N–H and O–H groups in total. The van der Waals surface area contributed by atoms with E-state index in [9.17, 15) is 4.79 Å². The number of carbonyl (C=O) groups is 1. The second kappa shape index (κ2) is 10.7. The summed E-state index contributed by atoms with van der Waals surface area (Å²) in [7, 11) is 0. The molecule has 0 aliphatic rings. The highest BCUT2D eigenvalue weighted by molar-refractivity contribution is 7.99. The Balaban J connectivity index is 1.51. The molecule has 0 fully saturated rings. The van der Waals surface area contributed by atoms with Crippen molar-refractivity contribution in [3.05, 3.63) is 54.2 Å². The Labute approximate surface area is 198 Å². The molecule has 0 bridgehead atoms. The van der Waals surface area contributed by atoms with E-state index in [-0.39, 0.29) is 5.91 Å². The van der Waals surface area contributed by atoms with E-state index in [0.717, 1.165) is 51.5 Å². The van der Waals surface area contributed by atoms with Crippen molar-refractivity contribution in [2.24, 2.45) is 5.92 Å². The summed E-state index contributed by atoms with van der Waals surface area (Å²) in [5.74, 6) is 2.19. The van der Waals surface area contributed by atoms with Crippen molar-refractivity contribution in [1.29, 1.82) is 0 Å². The van der Waals surface area contributed by atoms with Gasteiger partial charge in [-0.25, -0.2) is 14.6 Å². The van der Waals surface area contributed by atoms with Crippen LogP contribution in [0.5, 0.6) is 0 Å². The van der Waals surface area contributed by atoms with Gasteiger partial charge in [-0.05, 0) is 29.2 Å². The van der Waals surface area contributed by atoms with Gasteiger partial charge in [-0.2, -0.15) is 5.10 Å². The Morgan fingerprint density at radius 2 is 1.91 bits per heavy atom. The van der Waals surface area contributed by atoms with E-state index in [1.807, 2.05) is 47.1 Å². The largest absolute Gasteiger partial charge is 0.369 e. The quantitative estimate of drug-likeness (QED) is 0.255. The first-order valence-electron chi connectivity index (χ1n) is 11.4. The summed E-state index contributed by atoms with van der Waals surface area (Å²) in [4.78, 5) is 22.3. The lowest BCUT2D eigenvalue weighted by Gasteiger charge is -2.11. The maximum Gasteiger partial charge on any atom is 0.251 e. The summed E-state index contributed by atoms with van der Waals surface area (Å²) in [6.45, 7) is 8.29. The normalized spacial score (nSPS) is 11.4. The lowest BCUT2D eigenvalue weighted by molar-refractivity contribution is 0.0953. The minimum atomic E-state index is -0.0867. The van der Waals surface area contributed by atoms with Crippen LogP contribution in [-0.4, -0.2) is 44.5 Å². The topological polar surface area (TPSA) is 84.7 Å². The molecule has 0 radical (unpaired) electrons. The van der Waals surface area contributed by atoms with Crippen molar-refractivity contribution in [3.8, 4) is 0 Å². The number of rotatable bonds is 10. The smallest absolute Gasteiger partial charge is 0.251 e. The van der Waals surface area contributed by atoms with Gasteiger partial charge in [0.05, 0.1) is 18.1 Å². The highest BCUT2D eigenvalue weighted by Crippen LogP contribution is 2.25. The number of nitrogens with one attached hydrogen (secondary N) is 2. The number of nitrogens with zero attached hydrogens (tertiary/aromatic N) is 4. The van der Waals surface area contributed by atoms with Crippen LogP contribution < -0.4 is 10.6 Å². The minimum absolute atomic E-state index is 0.0867. The molecule has 2 aromatic carbocycles. The Morgan fingerprint density at radius 1 is 1.09 bits per heavy atom. The van der Waals surface area contributed by atoms with Gasteiger partial charge in [-0.1, -0.05) is 68.9 Å². The van der Waals surface area contributed by atoms with Gasteiger partial charge < -0.3 is 10.6 Å². The molecule has 0 saturated carbocycles. The molecule has 1 amide bonds. The van der Waals surface area contributed by atoms with Gasteiger partial charge in [0.15, 0.2) is 10.8 Å². The van der Waals surface area contributed by atoms with Crippen LogP contribution in [0.2, 0.25) is 0 Å². The number of hydrogen-bond acceptors (Lipinski definition) is 6. The highest BCUT2D eigenvalue weighted by Gasteiger charge is 2.14. The van der Waals surface area contributed by atoms with E-state index < -0.39 is 0 Å². The fourth-order valence-corrected chi connectivity index (χ4v) is 4.28. The summed E-state index contributed by atoms with van der Waals surface area (Å²) in [5, 5.41) is 14.7. The van der Waals surface area contributed by atoms with E-state index in [2.05, 4.69) is 36.5 Å². The molecule has 2 aromatic heterocycles. The van der Waals surface area contributed by atoms with Crippen LogP contribution in [0.1, 0.15) is 37.6 Å². The zero-order valence-electron chi connectivity index (χ0n) is 19.3. The number of fused-ring (bicyclic) bond motifs is 2. The molecule has 0 unspecified atom stereocenters. The molecule has 33 heavy (non-hydrogen) atoms. The maximum absolute atomic E-state index is 12.8. The van der Waals surface area contributed by atoms with E-state index in [1.54, 1.807) is 18.0 Å². The lowest BCUT2D eigenvalue weighted by atomic mass is 10.0. The number of benzene rings is 2. The first kappa shape index (κ1) is 23.0. The third-order valence-electron chi connectivity index (χ3n) is 5.23. The van der Waals surface area contributed by atoms with Gasteiger partial charge in [0.1, 0.15) is 5.82 Å². The summed E-state index contributed by atoms with van der Waals surface area (Å²) < 4.78 is 1.84. The molecule has 7 nitrogen and oxygen atoms in total. The standard InChI is InChI=1S/C25H30N6OS/c1-4-14-33-25-29-22(27-15-17(2)3)21-16-28-31(23(21)30-25)13-12-26-24(32)20-11-7-9-18-8-5-6-10-19(18)20/h5-11,16-17H,4,12-15H2,1-3H3,(H,26,32)(H,27,29,30). The fraction of sp³-hybridized carbons (Fsp3) is 0.360. The van der Waals surface area contributed by atoms with Gasteiger partial charge in [0.2, 0.25) is 0 Å². The maximum atomic E-state index is 12.8. The average molecular weight is 463 g/mol. The van der Waals surface area contributed by atoms with Gasteiger partial charge in [-0.3, -0.25) is 4.79 Å². The molecular weight excluding hydrogens is 432 g/mol. The monoisotopic (exact) mass is 462 g/mol. The number of anilines is 1. The number of aromatic nitrogens is 4. The Bertz CT molecular complexity index is 1250. The van der Waals surface area contributed by atoms with Gasteiger partial charge in [0, 0.05) is 24.4 Å². The molecule has 8 heteroatoms. The minimum Gasteiger partial charge on any atom is -0.369 e. The number of carbonyl (C=O) groups excluding carboxylic acids is 1. The second-order valence-electron chi connectivity index (χ2n) is 8.37. The van der Waals surface area contributed by atoms with Crippen LogP contribution in [0.4, 0.5) is 5.82 Å². The Morgan fingerprint density at radius 3 is 2.73 bits per heavy atom. The van der Waals surface area contributed by atoms with Crippen LogP contribution >= 0.6 is 11.8 Å². The number of thioether (sulfide) groups is 1. The predicted octanol–water partition coefficient (Wildman–Crippen LogP) is 4.98. The Kier molecular flexibility index (Phi) is 7.44. The van der Waals surface area contributed by atoms with Crippen molar-refractivity contribution in [3.63, 3.8) is 0 Å². The zero-order valence-corrected chi connectivity index (χ0v) is 20.2. The molecule has 172 valence electrons. The van der Waals surface area contributed by atoms with Crippen molar-refractivity contribution in [2.75, 3.05) is 24.2 Å². The van der Waals surface area contributed by atoms with Crippen LogP contribution in [-0.2, 0) is 6.54 Å². The van der Waals surface area contributed by atoms with E-state index in [1.165, 1.54) is 0 Å². The third kappa shape index (κ3) is 5.45. The molecule has 4 aromatic rings. The van der Waals surface area contributed by atoms with Crippen LogP contribution in [0.3, 0.4) is 0 Å². The fourth-order valence-electron chi connectivity index (χ4n) is 3.59. The van der Waals surface area contributed by atoms with Crippen molar-refractivity contribution in [2.45, 2.75) is 38.9 Å². The first-order chi connectivity index (χ1) is 16.1. The van der Waals surface area contributed by atoms with Gasteiger partial charge in [-0.15, -0.1) is 0 Å². The summed E-state index contributed by atoms with van der Waals surface area (Å²) in [5.41, 5.74) is 1.47. The predicted molar refractivity (Wildman–Crippen MR) is 136 cm³/mol. The van der Waals surface area contributed by atoms with E-state index in [0.29, 0.717) is 24.6 Å². The first-order valence-corrected chi connectivity index (χ1v) is 12.4. The van der Waals surface area contributed by atoms with E-state index in [4.69, 9.17) is 9.97 Å². The van der Waals surface area contributed by atoms with Crippen molar-refractivity contribution < 1.29 is 4.79 Å². The SMILES string of the molecule is CCCSc1nc(NCC(C)C)c2cnn(CCNC(=O)c3cccc4ccccc34)c2n1.